The number of amides is 3. The fourth-order valence-electron chi connectivity index (χ4n) is 3.34. The van der Waals surface area contributed by atoms with Gasteiger partial charge in [-0.25, -0.2) is 9.59 Å². The minimum absolute atomic E-state index is 0.0510. The summed E-state index contributed by atoms with van der Waals surface area (Å²) in [4.78, 5) is 38.7. The van der Waals surface area contributed by atoms with E-state index in [1.54, 1.807) is 49.4 Å². The van der Waals surface area contributed by atoms with E-state index < -0.39 is 23.1 Å². The molecule has 6 nitrogen and oxygen atoms in total. The highest BCUT2D eigenvalue weighted by Gasteiger charge is 2.49. The van der Waals surface area contributed by atoms with E-state index in [9.17, 15) is 14.4 Å². The number of rotatable bonds is 3. The summed E-state index contributed by atoms with van der Waals surface area (Å²) in [5.74, 6) is -0.418. The molecule has 1 aliphatic rings. The second-order valence-corrected chi connectivity index (χ2v) is 8.04. The lowest BCUT2D eigenvalue weighted by Gasteiger charge is -2.22. The van der Waals surface area contributed by atoms with Crippen LogP contribution in [0, 0.1) is 0 Å². The highest BCUT2D eigenvalue weighted by molar-refractivity contribution is 9.10. The molecule has 0 aliphatic carbocycles. The minimum atomic E-state index is -1.24. The summed E-state index contributed by atoms with van der Waals surface area (Å²) in [7, 11) is 0. The summed E-state index contributed by atoms with van der Waals surface area (Å²) >= 11 is 9.38. The maximum atomic E-state index is 13.1. The summed E-state index contributed by atoms with van der Waals surface area (Å²) in [6.45, 7) is 1.58. The zero-order chi connectivity index (χ0) is 20.1. The fourth-order valence-corrected chi connectivity index (χ4v) is 3.87. The van der Waals surface area contributed by atoms with Crippen LogP contribution in [0.2, 0.25) is 5.02 Å². The Morgan fingerprint density at radius 2 is 1.93 bits per heavy atom. The molecule has 8 heteroatoms. The standard InChI is InChI=1S/C20H14BrClN2O4/c1-20(12-3-2-4-14(22)8-12)18(26)24(19(27)23-20)10-11-7-17(25)28-16-9-13(21)5-6-15(11)16/h2-9H,10H2,1H3,(H,23,27). The largest absolute Gasteiger partial charge is 0.423 e. The van der Waals surface area contributed by atoms with Crippen LogP contribution in [0.15, 0.2) is 62.2 Å². The molecule has 3 aromatic rings. The van der Waals surface area contributed by atoms with Crippen molar-refractivity contribution in [3.8, 4) is 0 Å². The van der Waals surface area contributed by atoms with Gasteiger partial charge in [-0.2, -0.15) is 0 Å². The Morgan fingerprint density at radius 3 is 2.68 bits per heavy atom. The molecule has 1 saturated heterocycles. The van der Waals surface area contributed by atoms with Crippen LogP contribution < -0.4 is 10.9 Å². The number of benzene rings is 2. The van der Waals surface area contributed by atoms with E-state index in [-0.39, 0.29) is 6.54 Å². The number of imide groups is 1. The lowest BCUT2D eigenvalue weighted by Crippen LogP contribution is -2.40. The SMILES string of the molecule is CC1(c2cccc(Cl)c2)NC(=O)N(Cc2cc(=O)oc3cc(Br)ccc23)C1=O. The third-order valence-corrected chi connectivity index (χ3v) is 5.53. The maximum Gasteiger partial charge on any atom is 0.336 e. The van der Waals surface area contributed by atoms with E-state index in [0.717, 1.165) is 9.37 Å². The molecule has 1 atom stereocenters. The van der Waals surface area contributed by atoms with Gasteiger partial charge in [0.25, 0.3) is 5.91 Å². The van der Waals surface area contributed by atoms with Crippen molar-refractivity contribution < 1.29 is 14.0 Å². The molecule has 1 aromatic heterocycles. The highest BCUT2D eigenvalue weighted by atomic mass is 79.9. The summed E-state index contributed by atoms with van der Waals surface area (Å²) in [5.41, 5.74) is -0.299. The maximum absolute atomic E-state index is 13.1. The van der Waals surface area contributed by atoms with Crippen LogP contribution in [0.4, 0.5) is 4.79 Å². The van der Waals surface area contributed by atoms with Crippen LogP contribution >= 0.6 is 27.5 Å². The molecule has 1 N–H and O–H groups in total. The van der Waals surface area contributed by atoms with Crippen molar-refractivity contribution in [2.24, 2.45) is 0 Å². The van der Waals surface area contributed by atoms with Crippen LogP contribution in [0.25, 0.3) is 11.0 Å². The molecule has 0 radical (unpaired) electrons. The fraction of sp³-hybridized carbons (Fsp3) is 0.150. The van der Waals surface area contributed by atoms with Crippen LogP contribution in [0.3, 0.4) is 0 Å². The van der Waals surface area contributed by atoms with Crippen molar-refractivity contribution >= 4 is 50.4 Å². The number of halogens is 2. The van der Waals surface area contributed by atoms with Crippen molar-refractivity contribution in [2.45, 2.75) is 19.0 Å². The molecule has 0 spiro atoms. The average Bonchev–Trinajstić information content (AvgIpc) is 2.85. The Hall–Kier alpha value is -2.64. The van der Waals surface area contributed by atoms with Gasteiger partial charge in [-0.05, 0) is 48.4 Å². The van der Waals surface area contributed by atoms with Gasteiger partial charge in [0.05, 0.1) is 6.54 Å². The number of hydrogen-bond acceptors (Lipinski definition) is 4. The van der Waals surface area contributed by atoms with Gasteiger partial charge in [-0.1, -0.05) is 39.7 Å². The molecule has 1 unspecified atom stereocenters. The second-order valence-electron chi connectivity index (χ2n) is 6.69. The predicted octanol–water partition coefficient (Wildman–Crippen LogP) is 4.18. The van der Waals surface area contributed by atoms with Gasteiger partial charge in [0.2, 0.25) is 0 Å². The summed E-state index contributed by atoms with van der Waals surface area (Å²) in [5, 5.41) is 3.86. The molecule has 0 bridgehead atoms. The van der Waals surface area contributed by atoms with Gasteiger partial charge in [0.15, 0.2) is 0 Å². The zero-order valence-electron chi connectivity index (χ0n) is 14.7. The molecule has 2 aromatic carbocycles. The Morgan fingerprint density at radius 1 is 1.14 bits per heavy atom. The van der Waals surface area contributed by atoms with Crippen LogP contribution in [0.5, 0.6) is 0 Å². The normalized spacial score (nSPS) is 19.3. The molecule has 142 valence electrons. The predicted molar refractivity (Wildman–Crippen MR) is 108 cm³/mol. The number of carbonyl (C=O) groups excluding carboxylic acids is 2. The van der Waals surface area contributed by atoms with E-state index >= 15 is 0 Å². The number of fused-ring (bicyclic) bond motifs is 1. The Balaban J connectivity index is 1.73. The quantitative estimate of drug-likeness (QED) is 0.469. The molecule has 0 saturated carbocycles. The number of nitrogens with one attached hydrogen (secondary N) is 1. The number of carbonyl (C=O) groups is 2. The van der Waals surface area contributed by atoms with E-state index in [1.165, 1.54) is 6.07 Å². The van der Waals surface area contributed by atoms with E-state index in [0.29, 0.717) is 27.1 Å². The monoisotopic (exact) mass is 460 g/mol. The third-order valence-electron chi connectivity index (χ3n) is 4.80. The van der Waals surface area contributed by atoms with Crippen molar-refractivity contribution in [3.05, 3.63) is 79.6 Å². The molecule has 28 heavy (non-hydrogen) atoms. The first-order chi connectivity index (χ1) is 13.3. The van der Waals surface area contributed by atoms with Crippen LogP contribution in [-0.2, 0) is 16.9 Å². The molecular formula is C20H14BrClN2O4. The van der Waals surface area contributed by atoms with Gasteiger partial charge >= 0.3 is 11.7 Å². The topological polar surface area (TPSA) is 79.6 Å². The van der Waals surface area contributed by atoms with Gasteiger partial charge in [0.1, 0.15) is 11.1 Å². The van der Waals surface area contributed by atoms with Gasteiger partial charge in [-0.15, -0.1) is 0 Å². The Kier molecular flexibility index (Phi) is 4.51. The van der Waals surface area contributed by atoms with Gasteiger partial charge < -0.3 is 9.73 Å². The van der Waals surface area contributed by atoms with Crippen LogP contribution in [-0.4, -0.2) is 16.8 Å². The number of nitrogens with zero attached hydrogens (tertiary/aromatic N) is 1. The molecule has 4 rings (SSSR count). The molecule has 1 aliphatic heterocycles. The van der Waals surface area contributed by atoms with Crippen molar-refractivity contribution in [3.63, 3.8) is 0 Å². The van der Waals surface area contributed by atoms with Gasteiger partial charge in [0, 0.05) is 20.9 Å². The summed E-state index contributed by atoms with van der Waals surface area (Å²) in [6, 6.07) is 12.8. The lowest BCUT2D eigenvalue weighted by atomic mass is 9.92. The summed E-state index contributed by atoms with van der Waals surface area (Å²) < 4.78 is 5.97. The minimum Gasteiger partial charge on any atom is -0.423 e. The Bertz CT molecular complexity index is 1190. The number of urea groups is 1. The first-order valence-corrected chi connectivity index (χ1v) is 9.57. The Labute approximate surface area is 173 Å². The van der Waals surface area contributed by atoms with Crippen molar-refractivity contribution in [2.75, 3.05) is 0 Å². The second kappa shape index (κ2) is 6.76. The van der Waals surface area contributed by atoms with Crippen molar-refractivity contribution in [1.82, 2.24) is 10.2 Å². The highest BCUT2D eigenvalue weighted by Crippen LogP contribution is 2.32. The molecule has 1 fully saturated rings. The first kappa shape index (κ1) is 18.7. The first-order valence-electron chi connectivity index (χ1n) is 8.40. The third kappa shape index (κ3) is 3.10. The van der Waals surface area contributed by atoms with Crippen LogP contribution in [0.1, 0.15) is 18.1 Å². The zero-order valence-corrected chi connectivity index (χ0v) is 17.0. The van der Waals surface area contributed by atoms with Gasteiger partial charge in [-0.3, -0.25) is 9.69 Å². The van der Waals surface area contributed by atoms with E-state index in [2.05, 4.69) is 21.2 Å². The summed E-state index contributed by atoms with van der Waals surface area (Å²) in [6.07, 6.45) is 0. The van der Waals surface area contributed by atoms with E-state index in [4.69, 9.17) is 16.0 Å². The average molecular weight is 462 g/mol. The smallest absolute Gasteiger partial charge is 0.336 e. The molecular weight excluding hydrogens is 448 g/mol. The van der Waals surface area contributed by atoms with Crippen molar-refractivity contribution in [1.29, 1.82) is 0 Å². The molecule has 2 heterocycles. The number of hydrogen-bond donors (Lipinski definition) is 1. The lowest BCUT2D eigenvalue weighted by molar-refractivity contribution is -0.131. The van der Waals surface area contributed by atoms with E-state index in [1.807, 2.05) is 0 Å². The molecule has 3 amide bonds.